The van der Waals surface area contributed by atoms with Crippen LogP contribution in [-0.2, 0) is 17.7 Å². The average Bonchev–Trinajstić information content (AvgIpc) is 2.89. The lowest BCUT2D eigenvalue weighted by atomic mass is 10.1. The number of nitrogens with zero attached hydrogens (tertiary/aromatic N) is 1. The van der Waals surface area contributed by atoms with Crippen molar-refractivity contribution in [2.75, 3.05) is 7.11 Å². The Morgan fingerprint density at radius 3 is 2.30 bits per heavy atom. The van der Waals surface area contributed by atoms with E-state index in [1.54, 1.807) is 0 Å². The molecule has 0 amide bonds. The van der Waals surface area contributed by atoms with Crippen LogP contribution in [0, 0.1) is 0 Å². The molecule has 118 valence electrons. The van der Waals surface area contributed by atoms with Crippen LogP contribution in [0.5, 0.6) is 0 Å². The van der Waals surface area contributed by atoms with Gasteiger partial charge in [-0.05, 0) is 12.0 Å². The lowest BCUT2D eigenvalue weighted by Gasteiger charge is -2.12. The van der Waals surface area contributed by atoms with Crippen molar-refractivity contribution in [2.45, 2.75) is 26.3 Å². The van der Waals surface area contributed by atoms with Crippen molar-refractivity contribution in [2.24, 2.45) is 0 Å². The van der Waals surface area contributed by atoms with Crippen LogP contribution in [0.2, 0.25) is 0 Å². The summed E-state index contributed by atoms with van der Waals surface area (Å²) in [6, 6.07) is 18.3. The Hall–Kier alpha value is -2.55. The van der Waals surface area contributed by atoms with Crippen molar-refractivity contribution < 1.29 is 9.53 Å². The van der Waals surface area contributed by atoms with E-state index in [4.69, 9.17) is 4.74 Å². The summed E-state index contributed by atoms with van der Waals surface area (Å²) >= 11 is 0. The number of methoxy groups -OCH3 is 1. The number of carbonyl (C=O) groups excluding carboxylic acids is 1. The van der Waals surface area contributed by atoms with E-state index in [1.807, 2.05) is 36.4 Å². The third-order valence-electron chi connectivity index (χ3n) is 4.14. The fourth-order valence-electron chi connectivity index (χ4n) is 3.13. The number of hydrogen-bond donors (Lipinski definition) is 0. The van der Waals surface area contributed by atoms with Gasteiger partial charge in [-0.3, -0.25) is 0 Å². The zero-order chi connectivity index (χ0) is 16.2. The molecule has 1 heterocycles. The molecule has 2 aromatic carbocycles. The summed E-state index contributed by atoms with van der Waals surface area (Å²) in [5, 5.41) is 2.12. The molecule has 23 heavy (non-hydrogen) atoms. The smallest absolute Gasteiger partial charge is 0.355 e. The third kappa shape index (κ3) is 2.87. The highest BCUT2D eigenvalue weighted by Gasteiger charge is 2.22. The highest BCUT2D eigenvalue weighted by molar-refractivity contribution is 6.05. The molecule has 0 aliphatic heterocycles. The maximum absolute atomic E-state index is 12.4. The molecule has 0 unspecified atom stereocenters. The van der Waals surface area contributed by atoms with Gasteiger partial charge in [0.05, 0.1) is 7.11 Å². The van der Waals surface area contributed by atoms with Gasteiger partial charge in [0.2, 0.25) is 0 Å². The number of hydrogen-bond acceptors (Lipinski definition) is 2. The summed E-state index contributed by atoms with van der Waals surface area (Å²) in [7, 11) is 1.44. The second-order valence-electron chi connectivity index (χ2n) is 5.65. The first-order chi connectivity index (χ1) is 11.3. The number of esters is 1. The van der Waals surface area contributed by atoms with Gasteiger partial charge in [0.15, 0.2) is 0 Å². The molecule has 1 aromatic heterocycles. The Kier molecular flexibility index (Phi) is 4.47. The predicted molar refractivity (Wildman–Crippen MR) is 92.8 cm³/mol. The van der Waals surface area contributed by atoms with Gasteiger partial charge in [0, 0.05) is 23.0 Å². The Bertz CT molecular complexity index is 818. The van der Waals surface area contributed by atoms with Gasteiger partial charge in [0.25, 0.3) is 0 Å². The van der Waals surface area contributed by atoms with Crippen LogP contribution >= 0.6 is 0 Å². The number of rotatable bonds is 5. The molecule has 0 saturated carbocycles. The summed E-state index contributed by atoms with van der Waals surface area (Å²) in [5.74, 6) is -0.278. The van der Waals surface area contributed by atoms with Gasteiger partial charge >= 0.3 is 5.97 Å². The molecule has 3 rings (SSSR count). The summed E-state index contributed by atoms with van der Waals surface area (Å²) in [4.78, 5) is 12.4. The van der Waals surface area contributed by atoms with E-state index in [9.17, 15) is 4.79 Å². The fourth-order valence-corrected chi connectivity index (χ4v) is 3.13. The largest absolute Gasteiger partial charge is 0.464 e. The molecule has 0 spiro atoms. The van der Waals surface area contributed by atoms with Crippen LogP contribution in [0.4, 0.5) is 0 Å². The van der Waals surface area contributed by atoms with Crippen LogP contribution < -0.4 is 0 Å². The molecule has 0 saturated heterocycles. The second kappa shape index (κ2) is 6.69. The first-order valence-corrected chi connectivity index (χ1v) is 7.98. The van der Waals surface area contributed by atoms with E-state index in [2.05, 4.69) is 29.7 Å². The molecule has 0 aliphatic carbocycles. The number of aryl methyl sites for hydroxylation is 1. The highest BCUT2D eigenvalue weighted by Crippen LogP contribution is 2.29. The standard InChI is InChI=1S/C20H21NO2/c1-3-9-18-16-12-7-8-13-17(16)19(20(22)23-2)21(18)14-15-10-5-4-6-11-15/h4-8,10-13H,3,9,14H2,1-2H3. The minimum atomic E-state index is -0.278. The first kappa shape index (κ1) is 15.3. The van der Waals surface area contributed by atoms with Crippen LogP contribution in [0.25, 0.3) is 10.8 Å². The van der Waals surface area contributed by atoms with E-state index < -0.39 is 0 Å². The number of aromatic nitrogens is 1. The van der Waals surface area contributed by atoms with Gasteiger partial charge in [-0.25, -0.2) is 4.79 Å². The lowest BCUT2D eigenvalue weighted by molar-refractivity contribution is 0.0591. The number of ether oxygens (including phenoxy) is 1. The second-order valence-corrected chi connectivity index (χ2v) is 5.65. The van der Waals surface area contributed by atoms with E-state index >= 15 is 0 Å². The number of fused-ring (bicyclic) bond motifs is 1. The Balaban J connectivity index is 2.23. The van der Waals surface area contributed by atoms with Crippen molar-refractivity contribution in [3.63, 3.8) is 0 Å². The van der Waals surface area contributed by atoms with Gasteiger partial charge < -0.3 is 9.30 Å². The molecule has 0 fully saturated rings. The van der Waals surface area contributed by atoms with Crippen molar-refractivity contribution >= 4 is 16.7 Å². The monoisotopic (exact) mass is 307 g/mol. The minimum absolute atomic E-state index is 0.278. The lowest BCUT2D eigenvalue weighted by Crippen LogP contribution is -2.14. The molecule has 3 nitrogen and oxygen atoms in total. The molecule has 0 bridgehead atoms. The molecule has 0 N–H and O–H groups in total. The van der Waals surface area contributed by atoms with Crippen molar-refractivity contribution in [1.29, 1.82) is 0 Å². The summed E-state index contributed by atoms with van der Waals surface area (Å²) < 4.78 is 7.17. The van der Waals surface area contributed by atoms with Crippen LogP contribution in [0.15, 0.2) is 54.6 Å². The molecule has 0 radical (unpaired) electrons. The SMILES string of the molecule is CCCc1c2ccccc2c(C(=O)OC)n1Cc1ccccc1. The number of carbonyl (C=O) groups is 1. The van der Waals surface area contributed by atoms with E-state index in [-0.39, 0.29) is 5.97 Å². The van der Waals surface area contributed by atoms with Crippen molar-refractivity contribution in [3.8, 4) is 0 Å². The normalized spacial score (nSPS) is 10.9. The maximum atomic E-state index is 12.4. The number of benzene rings is 2. The Morgan fingerprint density at radius 1 is 1.00 bits per heavy atom. The van der Waals surface area contributed by atoms with E-state index in [0.29, 0.717) is 12.2 Å². The maximum Gasteiger partial charge on any atom is 0.355 e. The summed E-state index contributed by atoms with van der Waals surface area (Å²) in [5.41, 5.74) is 3.03. The van der Waals surface area contributed by atoms with Gasteiger partial charge in [0.1, 0.15) is 5.69 Å². The molecule has 3 heteroatoms. The van der Waals surface area contributed by atoms with Crippen molar-refractivity contribution in [3.05, 3.63) is 71.5 Å². The first-order valence-electron chi connectivity index (χ1n) is 7.98. The van der Waals surface area contributed by atoms with Crippen LogP contribution in [-0.4, -0.2) is 17.6 Å². The van der Waals surface area contributed by atoms with E-state index in [1.165, 1.54) is 18.4 Å². The summed E-state index contributed by atoms with van der Waals surface area (Å²) in [6.07, 6.45) is 1.97. The molecular formula is C20H21NO2. The molecule has 3 aromatic rings. The molecular weight excluding hydrogens is 286 g/mol. The van der Waals surface area contributed by atoms with Gasteiger partial charge in [-0.2, -0.15) is 0 Å². The molecule has 0 aliphatic rings. The van der Waals surface area contributed by atoms with Gasteiger partial charge in [-0.1, -0.05) is 67.9 Å². The average molecular weight is 307 g/mol. The van der Waals surface area contributed by atoms with Crippen LogP contribution in [0.1, 0.15) is 35.1 Å². The van der Waals surface area contributed by atoms with Crippen LogP contribution in [0.3, 0.4) is 0 Å². The molecule has 0 atom stereocenters. The summed E-state index contributed by atoms with van der Waals surface area (Å²) in [6.45, 7) is 2.84. The quantitative estimate of drug-likeness (QED) is 0.653. The highest BCUT2D eigenvalue weighted by atomic mass is 16.5. The van der Waals surface area contributed by atoms with Crippen molar-refractivity contribution in [1.82, 2.24) is 4.57 Å². The topological polar surface area (TPSA) is 31.2 Å². The fraction of sp³-hybridized carbons (Fsp3) is 0.250. The predicted octanol–water partition coefficient (Wildman–Crippen LogP) is 4.43. The Morgan fingerprint density at radius 2 is 1.65 bits per heavy atom. The third-order valence-corrected chi connectivity index (χ3v) is 4.14. The van der Waals surface area contributed by atoms with Gasteiger partial charge in [-0.15, -0.1) is 0 Å². The van der Waals surface area contributed by atoms with E-state index in [0.717, 1.165) is 23.6 Å². The minimum Gasteiger partial charge on any atom is -0.464 e. The Labute approximate surface area is 136 Å². The zero-order valence-electron chi connectivity index (χ0n) is 13.6. The zero-order valence-corrected chi connectivity index (χ0v) is 13.6.